The largest absolute Gasteiger partial charge is 0.228 e. The number of benzene rings is 8. The molecule has 0 aliphatic heterocycles. The molecule has 0 radical (unpaired) electrons. The predicted octanol–water partition coefficient (Wildman–Crippen LogP) is 13.4. The minimum absolute atomic E-state index is 0.495. The van der Waals surface area contributed by atoms with Crippen LogP contribution in [0.15, 0.2) is 194 Å². The molecule has 1 aliphatic rings. The van der Waals surface area contributed by atoms with Gasteiger partial charge in [-0.1, -0.05) is 170 Å². The van der Waals surface area contributed by atoms with Gasteiger partial charge < -0.3 is 0 Å². The molecule has 0 bridgehead atoms. The Labute approximate surface area is 317 Å². The fourth-order valence-corrected chi connectivity index (χ4v) is 9.92. The summed E-state index contributed by atoms with van der Waals surface area (Å²) in [5, 5.41) is 4.88. The Balaban J connectivity index is 1.17. The second kappa shape index (κ2) is 12.2. The van der Waals surface area contributed by atoms with Crippen molar-refractivity contribution in [1.29, 1.82) is 0 Å². The third-order valence-electron chi connectivity index (χ3n) is 11.2. The highest BCUT2D eigenvalue weighted by atomic mass is 32.1. The van der Waals surface area contributed by atoms with Crippen LogP contribution in [0, 0.1) is 0 Å². The zero-order valence-corrected chi connectivity index (χ0v) is 30.1. The van der Waals surface area contributed by atoms with Crippen LogP contribution in [0.4, 0.5) is 0 Å². The van der Waals surface area contributed by atoms with Crippen molar-refractivity contribution in [2.75, 3.05) is 0 Å². The summed E-state index contributed by atoms with van der Waals surface area (Å²) >= 11 is 1.83. The molecule has 0 amide bonds. The predicted molar refractivity (Wildman–Crippen MR) is 226 cm³/mol. The molecular formula is C51H32N2S. The highest BCUT2D eigenvalue weighted by Crippen LogP contribution is 2.56. The van der Waals surface area contributed by atoms with Crippen molar-refractivity contribution in [3.05, 3.63) is 216 Å². The molecular weight excluding hydrogens is 673 g/mol. The average Bonchev–Trinajstić information content (AvgIpc) is 3.77. The first-order valence-corrected chi connectivity index (χ1v) is 19.2. The Morgan fingerprint density at radius 1 is 0.370 bits per heavy atom. The molecule has 1 aliphatic carbocycles. The Morgan fingerprint density at radius 2 is 0.944 bits per heavy atom. The first kappa shape index (κ1) is 30.9. The molecule has 0 saturated heterocycles. The van der Waals surface area contributed by atoms with E-state index in [1.165, 1.54) is 58.9 Å². The number of hydrogen-bond acceptors (Lipinski definition) is 3. The first-order chi connectivity index (χ1) is 26.8. The molecule has 2 heterocycles. The maximum absolute atomic E-state index is 5.41. The van der Waals surface area contributed by atoms with E-state index in [9.17, 15) is 0 Å². The zero-order valence-electron chi connectivity index (χ0n) is 29.3. The fourth-order valence-electron chi connectivity index (χ4n) is 8.77. The third kappa shape index (κ3) is 4.65. The van der Waals surface area contributed by atoms with Crippen molar-refractivity contribution in [3.8, 4) is 45.0 Å². The van der Waals surface area contributed by atoms with Gasteiger partial charge in [0.1, 0.15) is 0 Å². The van der Waals surface area contributed by atoms with Gasteiger partial charge in [0.2, 0.25) is 0 Å². The van der Waals surface area contributed by atoms with Crippen LogP contribution in [0.25, 0.3) is 76.0 Å². The first-order valence-electron chi connectivity index (χ1n) is 18.4. The fraction of sp³-hybridized carbons (Fsp3) is 0.0196. The second-order valence-electron chi connectivity index (χ2n) is 14.1. The van der Waals surface area contributed by atoms with E-state index in [2.05, 4.69) is 194 Å². The molecule has 10 aromatic rings. The normalized spacial score (nSPS) is 13.0. The minimum atomic E-state index is -0.495. The maximum Gasteiger partial charge on any atom is 0.161 e. The monoisotopic (exact) mass is 704 g/mol. The molecule has 2 aromatic heterocycles. The van der Waals surface area contributed by atoms with Gasteiger partial charge in [0, 0.05) is 36.9 Å². The van der Waals surface area contributed by atoms with Gasteiger partial charge in [-0.05, 0) is 68.4 Å². The Kier molecular flexibility index (Phi) is 6.98. The number of rotatable bonds is 5. The molecule has 54 heavy (non-hydrogen) atoms. The number of fused-ring (bicyclic) bond motifs is 7. The number of hydrogen-bond donors (Lipinski definition) is 0. The lowest BCUT2D eigenvalue weighted by atomic mass is 9.67. The summed E-state index contributed by atoms with van der Waals surface area (Å²) in [6.45, 7) is 0. The summed E-state index contributed by atoms with van der Waals surface area (Å²) in [6, 6.07) is 70.3. The molecule has 0 atom stereocenters. The van der Waals surface area contributed by atoms with Crippen LogP contribution in [0.1, 0.15) is 22.3 Å². The lowest BCUT2D eigenvalue weighted by Crippen LogP contribution is -2.28. The topological polar surface area (TPSA) is 25.8 Å². The van der Waals surface area contributed by atoms with E-state index in [4.69, 9.17) is 9.97 Å². The third-order valence-corrected chi connectivity index (χ3v) is 12.3. The summed E-state index contributed by atoms with van der Waals surface area (Å²) in [4.78, 5) is 10.7. The average molecular weight is 705 g/mol. The summed E-state index contributed by atoms with van der Waals surface area (Å²) < 4.78 is 2.55. The van der Waals surface area contributed by atoms with Gasteiger partial charge >= 0.3 is 0 Å². The molecule has 252 valence electrons. The molecule has 2 nitrogen and oxygen atoms in total. The van der Waals surface area contributed by atoms with Gasteiger partial charge in [0.05, 0.1) is 16.8 Å². The van der Waals surface area contributed by atoms with E-state index < -0.39 is 5.41 Å². The molecule has 3 heteroatoms. The number of aromatic nitrogens is 2. The summed E-state index contributed by atoms with van der Waals surface area (Å²) in [5.41, 5.74) is 12.0. The van der Waals surface area contributed by atoms with Gasteiger partial charge in [-0.25, -0.2) is 9.97 Å². The van der Waals surface area contributed by atoms with Crippen LogP contribution < -0.4 is 0 Å². The summed E-state index contributed by atoms with van der Waals surface area (Å²) in [5.74, 6) is 0.719. The SMILES string of the molecule is c1ccc(C2(c3ccccc3)c3ccccc3-c3ccc(-c4cc(-c5ccc6c(c5)sc5ccccc56)nc(-c5cccc6ccccc56)n4)cc32)cc1. The van der Waals surface area contributed by atoms with E-state index in [0.717, 1.165) is 39.3 Å². The van der Waals surface area contributed by atoms with Crippen LogP contribution in [-0.4, -0.2) is 9.97 Å². The molecule has 0 fully saturated rings. The molecule has 0 N–H and O–H groups in total. The lowest BCUT2D eigenvalue weighted by Gasteiger charge is -2.34. The van der Waals surface area contributed by atoms with Crippen LogP contribution >= 0.6 is 11.3 Å². The summed E-state index contributed by atoms with van der Waals surface area (Å²) in [6.07, 6.45) is 0. The van der Waals surface area contributed by atoms with E-state index in [-0.39, 0.29) is 0 Å². The second-order valence-corrected chi connectivity index (χ2v) is 15.2. The zero-order chi connectivity index (χ0) is 35.6. The Hall–Kier alpha value is -6.68. The quantitative estimate of drug-likeness (QED) is 0.178. The highest BCUT2D eigenvalue weighted by Gasteiger charge is 2.46. The van der Waals surface area contributed by atoms with Crippen LogP contribution in [0.2, 0.25) is 0 Å². The Bertz CT molecular complexity index is 3010. The minimum Gasteiger partial charge on any atom is -0.228 e. The molecule has 0 spiro atoms. The van der Waals surface area contributed by atoms with Crippen molar-refractivity contribution in [1.82, 2.24) is 9.97 Å². The maximum atomic E-state index is 5.41. The van der Waals surface area contributed by atoms with Gasteiger partial charge in [-0.2, -0.15) is 0 Å². The molecule has 11 rings (SSSR count). The van der Waals surface area contributed by atoms with Crippen molar-refractivity contribution in [3.63, 3.8) is 0 Å². The van der Waals surface area contributed by atoms with Crippen LogP contribution in [0.5, 0.6) is 0 Å². The van der Waals surface area contributed by atoms with E-state index in [0.29, 0.717) is 0 Å². The number of thiophene rings is 1. The molecule has 8 aromatic carbocycles. The highest BCUT2D eigenvalue weighted by molar-refractivity contribution is 7.25. The van der Waals surface area contributed by atoms with Gasteiger partial charge in [-0.15, -0.1) is 11.3 Å². The van der Waals surface area contributed by atoms with Gasteiger partial charge in [0.25, 0.3) is 0 Å². The van der Waals surface area contributed by atoms with Crippen LogP contribution in [-0.2, 0) is 5.41 Å². The standard InChI is InChI=1S/C51H32N2S/c1-3-16-36(17-4-1)51(37-18-5-2-6-19-37)44-24-11-9-21-39(44)40-28-26-34(30-45(40)51)46-32-47(35-27-29-42-41-22-10-12-25-48(41)54-49(42)31-35)53-50(52-46)43-23-13-15-33-14-7-8-20-38(33)43/h1-32H. The summed E-state index contributed by atoms with van der Waals surface area (Å²) in [7, 11) is 0. The molecule has 0 unspecified atom stereocenters. The lowest BCUT2D eigenvalue weighted by molar-refractivity contribution is 0.768. The number of nitrogens with zero attached hydrogens (tertiary/aromatic N) is 2. The van der Waals surface area contributed by atoms with E-state index in [1.54, 1.807) is 0 Å². The van der Waals surface area contributed by atoms with E-state index >= 15 is 0 Å². The van der Waals surface area contributed by atoms with Crippen molar-refractivity contribution < 1.29 is 0 Å². The van der Waals surface area contributed by atoms with Gasteiger partial charge in [0.15, 0.2) is 5.82 Å². The molecule has 0 saturated carbocycles. The smallest absolute Gasteiger partial charge is 0.161 e. The van der Waals surface area contributed by atoms with Crippen molar-refractivity contribution >= 4 is 42.3 Å². The van der Waals surface area contributed by atoms with Crippen LogP contribution in [0.3, 0.4) is 0 Å². The van der Waals surface area contributed by atoms with Crippen molar-refractivity contribution in [2.24, 2.45) is 0 Å². The van der Waals surface area contributed by atoms with E-state index in [1.807, 2.05) is 11.3 Å². The van der Waals surface area contributed by atoms with Gasteiger partial charge in [-0.3, -0.25) is 0 Å². The van der Waals surface area contributed by atoms with Crippen molar-refractivity contribution in [2.45, 2.75) is 5.41 Å². The Morgan fingerprint density at radius 3 is 1.74 bits per heavy atom.